The Kier molecular flexibility index (Phi) is 4.34. The average Bonchev–Trinajstić information content (AvgIpc) is 3.29. The fraction of sp³-hybridized carbons (Fsp3) is 0.500. The van der Waals surface area contributed by atoms with E-state index in [0.717, 1.165) is 32.6 Å². The maximum absolute atomic E-state index is 12.6. The predicted molar refractivity (Wildman–Crippen MR) is 96.9 cm³/mol. The Balaban J connectivity index is 1.44. The molecule has 0 saturated carbocycles. The summed E-state index contributed by atoms with van der Waals surface area (Å²) in [5, 5.41) is 4.37. The lowest BCUT2D eigenvalue weighted by atomic mass is 10.1. The standard InChI is InChI=1S/C20H26N4O/c1-3-23-13-17(11-21-23)12-22-9-8-18-19(22)10-20(25)24(18)14-16-6-4-15(2)5-7-16/h4-7,11,13,18-19H,3,8-10,12,14H2,1-2H3/t18-,19-/m0/s1. The first kappa shape index (κ1) is 16.3. The molecule has 0 spiro atoms. The van der Waals surface area contributed by atoms with Crippen molar-refractivity contribution in [2.45, 2.75) is 58.4 Å². The molecule has 0 aliphatic carbocycles. The molecule has 2 atom stereocenters. The Bertz CT molecular complexity index is 751. The van der Waals surface area contributed by atoms with Gasteiger partial charge in [-0.2, -0.15) is 5.10 Å². The van der Waals surface area contributed by atoms with E-state index in [1.54, 1.807) is 0 Å². The quantitative estimate of drug-likeness (QED) is 0.841. The summed E-state index contributed by atoms with van der Waals surface area (Å²) in [5.41, 5.74) is 3.73. The molecule has 2 saturated heterocycles. The number of hydrogen-bond acceptors (Lipinski definition) is 3. The van der Waals surface area contributed by atoms with Crippen molar-refractivity contribution in [3.05, 3.63) is 53.3 Å². The van der Waals surface area contributed by atoms with Crippen LogP contribution < -0.4 is 0 Å². The molecule has 2 aliphatic heterocycles. The van der Waals surface area contributed by atoms with E-state index < -0.39 is 0 Å². The second kappa shape index (κ2) is 6.64. The Morgan fingerprint density at radius 2 is 1.92 bits per heavy atom. The zero-order valence-corrected chi connectivity index (χ0v) is 15.1. The van der Waals surface area contributed by atoms with E-state index in [1.807, 2.05) is 10.9 Å². The van der Waals surface area contributed by atoms with Gasteiger partial charge in [-0.05, 0) is 25.8 Å². The zero-order chi connectivity index (χ0) is 17.4. The molecular weight excluding hydrogens is 312 g/mol. The van der Waals surface area contributed by atoms with Crippen LogP contribution in [-0.4, -0.2) is 44.1 Å². The van der Waals surface area contributed by atoms with E-state index in [2.05, 4.69) is 59.2 Å². The third-order valence-electron chi connectivity index (χ3n) is 5.60. The van der Waals surface area contributed by atoms with Crippen molar-refractivity contribution in [3.8, 4) is 0 Å². The molecule has 0 unspecified atom stereocenters. The van der Waals surface area contributed by atoms with Crippen LogP contribution in [0.1, 0.15) is 36.5 Å². The Morgan fingerprint density at radius 1 is 1.12 bits per heavy atom. The highest BCUT2D eigenvalue weighted by atomic mass is 16.2. The fourth-order valence-corrected chi connectivity index (χ4v) is 4.20. The minimum Gasteiger partial charge on any atom is -0.334 e. The number of amides is 1. The van der Waals surface area contributed by atoms with Gasteiger partial charge in [-0.1, -0.05) is 29.8 Å². The van der Waals surface area contributed by atoms with Crippen LogP contribution in [0.4, 0.5) is 0 Å². The molecule has 4 rings (SSSR count). The summed E-state index contributed by atoms with van der Waals surface area (Å²) in [4.78, 5) is 17.2. The molecule has 1 aromatic carbocycles. The lowest BCUT2D eigenvalue weighted by molar-refractivity contribution is -0.129. The fourth-order valence-electron chi connectivity index (χ4n) is 4.20. The van der Waals surface area contributed by atoms with E-state index in [9.17, 15) is 4.79 Å². The first-order chi connectivity index (χ1) is 12.1. The number of benzene rings is 1. The largest absolute Gasteiger partial charge is 0.334 e. The molecule has 2 aromatic rings. The number of likely N-dealkylation sites (tertiary alicyclic amines) is 2. The van der Waals surface area contributed by atoms with Gasteiger partial charge < -0.3 is 4.90 Å². The van der Waals surface area contributed by atoms with Crippen molar-refractivity contribution < 1.29 is 4.79 Å². The topological polar surface area (TPSA) is 41.4 Å². The van der Waals surface area contributed by atoms with E-state index in [1.165, 1.54) is 16.7 Å². The van der Waals surface area contributed by atoms with Crippen LogP contribution in [0.3, 0.4) is 0 Å². The Labute approximate surface area is 149 Å². The summed E-state index contributed by atoms with van der Waals surface area (Å²) in [7, 11) is 0. The van der Waals surface area contributed by atoms with Crippen LogP contribution in [-0.2, 0) is 24.4 Å². The number of aromatic nitrogens is 2. The van der Waals surface area contributed by atoms with Gasteiger partial charge in [0.1, 0.15) is 0 Å². The summed E-state index contributed by atoms with van der Waals surface area (Å²) >= 11 is 0. The summed E-state index contributed by atoms with van der Waals surface area (Å²) in [6.07, 6.45) is 5.80. The van der Waals surface area contributed by atoms with Gasteiger partial charge in [0.2, 0.25) is 5.91 Å². The molecule has 2 aliphatic rings. The number of carbonyl (C=O) groups excluding carboxylic acids is 1. The lowest BCUT2D eigenvalue weighted by Gasteiger charge is -2.25. The van der Waals surface area contributed by atoms with Crippen LogP contribution in [0, 0.1) is 6.92 Å². The molecular formula is C20H26N4O. The van der Waals surface area contributed by atoms with Crippen molar-refractivity contribution in [2.75, 3.05) is 6.54 Å². The first-order valence-electron chi connectivity index (χ1n) is 9.24. The van der Waals surface area contributed by atoms with Crippen LogP contribution in [0.25, 0.3) is 0 Å². The van der Waals surface area contributed by atoms with E-state index in [0.29, 0.717) is 24.4 Å². The number of aryl methyl sites for hydroxylation is 2. The van der Waals surface area contributed by atoms with E-state index in [4.69, 9.17) is 0 Å². The molecule has 132 valence electrons. The average molecular weight is 338 g/mol. The maximum Gasteiger partial charge on any atom is 0.224 e. The minimum absolute atomic E-state index is 0.296. The number of nitrogens with zero attached hydrogens (tertiary/aromatic N) is 4. The molecule has 1 amide bonds. The third-order valence-corrected chi connectivity index (χ3v) is 5.60. The molecule has 1 aromatic heterocycles. The molecule has 0 radical (unpaired) electrons. The van der Waals surface area contributed by atoms with Crippen LogP contribution in [0.5, 0.6) is 0 Å². The van der Waals surface area contributed by atoms with Gasteiger partial charge in [0.05, 0.1) is 6.20 Å². The van der Waals surface area contributed by atoms with Crippen molar-refractivity contribution in [3.63, 3.8) is 0 Å². The van der Waals surface area contributed by atoms with Gasteiger partial charge >= 0.3 is 0 Å². The van der Waals surface area contributed by atoms with Crippen molar-refractivity contribution >= 4 is 5.91 Å². The van der Waals surface area contributed by atoms with Gasteiger partial charge in [-0.15, -0.1) is 0 Å². The highest BCUT2D eigenvalue weighted by Gasteiger charge is 2.46. The Morgan fingerprint density at radius 3 is 2.64 bits per heavy atom. The number of carbonyl (C=O) groups is 1. The van der Waals surface area contributed by atoms with Gasteiger partial charge in [-0.3, -0.25) is 14.4 Å². The minimum atomic E-state index is 0.296. The molecule has 5 heteroatoms. The summed E-state index contributed by atoms with van der Waals surface area (Å²) < 4.78 is 1.96. The Hall–Kier alpha value is -2.14. The summed E-state index contributed by atoms with van der Waals surface area (Å²) in [6, 6.07) is 9.24. The van der Waals surface area contributed by atoms with Crippen LogP contribution in [0.15, 0.2) is 36.7 Å². The van der Waals surface area contributed by atoms with Crippen LogP contribution in [0.2, 0.25) is 0 Å². The highest BCUT2D eigenvalue weighted by Crippen LogP contribution is 2.34. The van der Waals surface area contributed by atoms with Gasteiger partial charge in [0.15, 0.2) is 0 Å². The first-order valence-corrected chi connectivity index (χ1v) is 9.24. The molecule has 0 bridgehead atoms. The van der Waals surface area contributed by atoms with Crippen LogP contribution >= 0.6 is 0 Å². The highest BCUT2D eigenvalue weighted by molar-refractivity contribution is 5.80. The van der Waals surface area contributed by atoms with Crippen molar-refractivity contribution in [1.29, 1.82) is 0 Å². The van der Waals surface area contributed by atoms with E-state index in [-0.39, 0.29) is 0 Å². The number of hydrogen-bond donors (Lipinski definition) is 0. The molecule has 2 fully saturated rings. The molecule has 3 heterocycles. The smallest absolute Gasteiger partial charge is 0.224 e. The van der Waals surface area contributed by atoms with Gasteiger partial charge in [0, 0.05) is 56.4 Å². The number of rotatable bonds is 5. The van der Waals surface area contributed by atoms with Crippen molar-refractivity contribution in [1.82, 2.24) is 19.6 Å². The summed E-state index contributed by atoms with van der Waals surface area (Å²) in [6.45, 7) is 7.78. The summed E-state index contributed by atoms with van der Waals surface area (Å²) in [5.74, 6) is 0.296. The molecule has 25 heavy (non-hydrogen) atoms. The SMILES string of the molecule is CCn1cc(CN2CC[C@H]3[C@@H]2CC(=O)N3Cc2ccc(C)cc2)cn1. The second-order valence-electron chi connectivity index (χ2n) is 7.31. The molecule has 0 N–H and O–H groups in total. The predicted octanol–water partition coefficient (Wildman–Crippen LogP) is 2.59. The third kappa shape index (κ3) is 3.21. The lowest BCUT2D eigenvalue weighted by Crippen LogP contribution is -2.36. The van der Waals surface area contributed by atoms with Gasteiger partial charge in [0.25, 0.3) is 0 Å². The zero-order valence-electron chi connectivity index (χ0n) is 15.1. The molecule has 5 nitrogen and oxygen atoms in total. The van der Waals surface area contributed by atoms with Crippen molar-refractivity contribution in [2.24, 2.45) is 0 Å². The monoisotopic (exact) mass is 338 g/mol. The van der Waals surface area contributed by atoms with Gasteiger partial charge in [-0.25, -0.2) is 0 Å². The van der Waals surface area contributed by atoms with E-state index >= 15 is 0 Å². The normalized spacial score (nSPS) is 23.4. The number of fused-ring (bicyclic) bond motifs is 1. The maximum atomic E-state index is 12.6. The second-order valence-corrected chi connectivity index (χ2v) is 7.31.